The maximum atomic E-state index is 13.1. The fraction of sp³-hybridized carbons (Fsp3) is 0.167. The van der Waals surface area contributed by atoms with Gasteiger partial charge in [0.05, 0.1) is 16.1 Å². The lowest BCUT2D eigenvalue weighted by molar-refractivity contribution is -0.117. The Hall–Kier alpha value is -2.93. The van der Waals surface area contributed by atoms with Gasteiger partial charge in [0.2, 0.25) is 5.91 Å². The van der Waals surface area contributed by atoms with Gasteiger partial charge in [-0.3, -0.25) is 9.59 Å². The van der Waals surface area contributed by atoms with Crippen molar-refractivity contribution in [2.75, 3.05) is 24.3 Å². The number of anilines is 2. The van der Waals surface area contributed by atoms with Crippen molar-refractivity contribution in [3.05, 3.63) is 63.7 Å². The van der Waals surface area contributed by atoms with Crippen LogP contribution >= 0.6 is 11.6 Å². The van der Waals surface area contributed by atoms with E-state index in [2.05, 4.69) is 10.4 Å². The molecule has 2 aromatic carbocycles. The molecule has 0 aliphatic rings. The van der Waals surface area contributed by atoms with Crippen LogP contribution in [0, 0.1) is 5.82 Å². The van der Waals surface area contributed by atoms with Gasteiger partial charge in [-0.15, -0.1) is 0 Å². The second kappa shape index (κ2) is 7.13. The normalized spacial score (nSPS) is 10.8. The molecular formula is C18H16ClFN4O2. The summed E-state index contributed by atoms with van der Waals surface area (Å²) in [6.07, 6.45) is 0. The van der Waals surface area contributed by atoms with Gasteiger partial charge in [0.25, 0.3) is 5.56 Å². The molecule has 0 saturated carbocycles. The van der Waals surface area contributed by atoms with Gasteiger partial charge in [-0.1, -0.05) is 29.8 Å². The van der Waals surface area contributed by atoms with Crippen LogP contribution < -0.4 is 15.8 Å². The summed E-state index contributed by atoms with van der Waals surface area (Å²) in [6, 6.07) is 10.7. The molecule has 1 amide bonds. The summed E-state index contributed by atoms with van der Waals surface area (Å²) in [5.74, 6) is -0.419. The van der Waals surface area contributed by atoms with Crippen LogP contribution in [0.2, 0.25) is 5.02 Å². The van der Waals surface area contributed by atoms with Crippen LogP contribution in [-0.4, -0.2) is 29.8 Å². The number of carbonyl (C=O) groups is 1. The first-order chi connectivity index (χ1) is 12.4. The molecule has 8 heteroatoms. The standard InChI is InChI=1S/C18H16ClFN4O2/c1-23(2)17-12-5-3-4-6-13(12)18(26)24(22-17)10-16(25)21-15-8-7-11(20)9-14(15)19/h3-9H,10H2,1-2H3,(H,21,25). The highest BCUT2D eigenvalue weighted by molar-refractivity contribution is 6.33. The summed E-state index contributed by atoms with van der Waals surface area (Å²) in [5, 5.41) is 8.11. The first-order valence-electron chi connectivity index (χ1n) is 7.79. The molecule has 1 aromatic heterocycles. The highest BCUT2D eigenvalue weighted by Crippen LogP contribution is 2.23. The zero-order chi connectivity index (χ0) is 18.8. The minimum absolute atomic E-state index is 0.0751. The Balaban J connectivity index is 1.94. The van der Waals surface area contributed by atoms with E-state index in [1.807, 2.05) is 26.2 Å². The minimum Gasteiger partial charge on any atom is -0.361 e. The number of fused-ring (bicyclic) bond motifs is 1. The number of halogens is 2. The van der Waals surface area contributed by atoms with Crippen LogP contribution in [0.1, 0.15) is 0 Å². The first-order valence-corrected chi connectivity index (χ1v) is 8.16. The molecular weight excluding hydrogens is 359 g/mol. The Bertz CT molecular complexity index is 1050. The zero-order valence-electron chi connectivity index (χ0n) is 14.2. The van der Waals surface area contributed by atoms with Gasteiger partial charge >= 0.3 is 0 Å². The van der Waals surface area contributed by atoms with Gasteiger partial charge in [-0.05, 0) is 24.3 Å². The largest absolute Gasteiger partial charge is 0.361 e. The molecule has 134 valence electrons. The monoisotopic (exact) mass is 374 g/mol. The van der Waals surface area contributed by atoms with Crippen LogP contribution in [0.15, 0.2) is 47.3 Å². The van der Waals surface area contributed by atoms with Crippen LogP contribution in [0.5, 0.6) is 0 Å². The van der Waals surface area contributed by atoms with Crippen molar-refractivity contribution >= 4 is 39.8 Å². The molecule has 6 nitrogen and oxygen atoms in total. The van der Waals surface area contributed by atoms with Crippen molar-refractivity contribution < 1.29 is 9.18 Å². The van der Waals surface area contributed by atoms with Crippen molar-refractivity contribution in [1.29, 1.82) is 0 Å². The number of hydrogen-bond acceptors (Lipinski definition) is 4. The Morgan fingerprint density at radius 1 is 1.23 bits per heavy atom. The number of rotatable bonds is 4. The molecule has 0 fully saturated rings. The molecule has 0 aliphatic heterocycles. The summed E-state index contributed by atoms with van der Waals surface area (Å²) < 4.78 is 14.2. The van der Waals surface area contributed by atoms with E-state index in [4.69, 9.17) is 11.6 Å². The lowest BCUT2D eigenvalue weighted by Crippen LogP contribution is -2.31. The number of hydrogen-bond donors (Lipinski definition) is 1. The van der Waals surface area contributed by atoms with E-state index >= 15 is 0 Å². The van der Waals surface area contributed by atoms with E-state index in [0.717, 1.165) is 10.7 Å². The molecule has 0 aliphatic carbocycles. The van der Waals surface area contributed by atoms with Gasteiger partial charge in [0.15, 0.2) is 5.82 Å². The molecule has 0 spiro atoms. The van der Waals surface area contributed by atoms with Crippen molar-refractivity contribution in [2.24, 2.45) is 0 Å². The number of amides is 1. The van der Waals surface area contributed by atoms with Crippen molar-refractivity contribution in [3.63, 3.8) is 0 Å². The SMILES string of the molecule is CN(C)c1nn(CC(=O)Nc2ccc(F)cc2Cl)c(=O)c2ccccc12. The molecule has 3 rings (SSSR count). The Kier molecular flexibility index (Phi) is 4.90. The fourth-order valence-electron chi connectivity index (χ4n) is 2.57. The van der Waals surface area contributed by atoms with E-state index in [1.165, 1.54) is 12.1 Å². The van der Waals surface area contributed by atoms with Crippen LogP contribution in [0.4, 0.5) is 15.9 Å². The molecule has 0 saturated heterocycles. The predicted octanol–water partition coefficient (Wildman–Crippen LogP) is 2.89. The van der Waals surface area contributed by atoms with E-state index in [9.17, 15) is 14.0 Å². The quantitative estimate of drug-likeness (QED) is 0.762. The lowest BCUT2D eigenvalue weighted by atomic mass is 10.2. The third-order valence-corrected chi connectivity index (χ3v) is 4.08. The average molecular weight is 375 g/mol. The van der Waals surface area contributed by atoms with Gasteiger partial charge < -0.3 is 10.2 Å². The summed E-state index contributed by atoms with van der Waals surface area (Å²) in [7, 11) is 3.61. The number of carbonyl (C=O) groups excluding carboxylic acids is 1. The predicted molar refractivity (Wildman–Crippen MR) is 100 cm³/mol. The van der Waals surface area contributed by atoms with Gasteiger partial charge in [-0.25, -0.2) is 9.07 Å². The second-order valence-corrected chi connectivity index (χ2v) is 6.31. The van der Waals surface area contributed by atoms with Gasteiger partial charge in [0, 0.05) is 19.5 Å². The van der Waals surface area contributed by atoms with Crippen LogP contribution in [0.3, 0.4) is 0 Å². The van der Waals surface area contributed by atoms with Crippen LogP contribution in [-0.2, 0) is 11.3 Å². The summed E-state index contributed by atoms with van der Waals surface area (Å²) in [5.41, 5.74) is -0.105. The molecule has 0 unspecified atom stereocenters. The average Bonchev–Trinajstić information content (AvgIpc) is 2.59. The topological polar surface area (TPSA) is 67.2 Å². The van der Waals surface area contributed by atoms with Gasteiger partial charge in [0.1, 0.15) is 12.4 Å². The van der Waals surface area contributed by atoms with Crippen molar-refractivity contribution in [3.8, 4) is 0 Å². The smallest absolute Gasteiger partial charge is 0.275 e. The third kappa shape index (κ3) is 3.52. The van der Waals surface area contributed by atoms with Crippen LogP contribution in [0.25, 0.3) is 10.8 Å². The van der Waals surface area contributed by atoms with E-state index in [1.54, 1.807) is 17.0 Å². The summed E-state index contributed by atoms with van der Waals surface area (Å²) >= 11 is 5.91. The molecule has 0 radical (unpaired) electrons. The number of aromatic nitrogens is 2. The van der Waals surface area contributed by atoms with Gasteiger partial charge in [-0.2, -0.15) is 5.10 Å². The summed E-state index contributed by atoms with van der Waals surface area (Å²) in [6.45, 7) is -0.293. The molecule has 1 heterocycles. The molecule has 3 aromatic rings. The van der Waals surface area contributed by atoms with Crippen molar-refractivity contribution in [1.82, 2.24) is 9.78 Å². The Morgan fingerprint density at radius 3 is 2.58 bits per heavy atom. The van der Waals surface area contributed by atoms with E-state index < -0.39 is 11.7 Å². The molecule has 0 atom stereocenters. The first kappa shape index (κ1) is 17.9. The fourth-order valence-corrected chi connectivity index (χ4v) is 2.79. The molecule has 26 heavy (non-hydrogen) atoms. The van der Waals surface area contributed by atoms with E-state index in [0.29, 0.717) is 16.6 Å². The molecule has 1 N–H and O–H groups in total. The lowest BCUT2D eigenvalue weighted by Gasteiger charge is -2.16. The van der Waals surface area contributed by atoms with E-state index in [-0.39, 0.29) is 22.8 Å². The third-order valence-electron chi connectivity index (χ3n) is 3.77. The number of nitrogens with one attached hydrogen (secondary N) is 1. The molecule has 0 bridgehead atoms. The van der Waals surface area contributed by atoms with Crippen molar-refractivity contribution in [2.45, 2.75) is 6.54 Å². The Morgan fingerprint density at radius 2 is 1.92 bits per heavy atom. The minimum atomic E-state index is -0.504. The second-order valence-electron chi connectivity index (χ2n) is 5.90. The highest BCUT2D eigenvalue weighted by atomic mass is 35.5. The Labute approximate surface area is 153 Å². The maximum Gasteiger partial charge on any atom is 0.275 e. The zero-order valence-corrected chi connectivity index (χ0v) is 14.9. The number of benzene rings is 2. The number of nitrogens with zero attached hydrogens (tertiary/aromatic N) is 3. The maximum absolute atomic E-state index is 13.1. The highest BCUT2D eigenvalue weighted by Gasteiger charge is 2.14. The summed E-state index contributed by atoms with van der Waals surface area (Å²) in [4.78, 5) is 26.7.